The van der Waals surface area contributed by atoms with Gasteiger partial charge in [-0.25, -0.2) is 22.7 Å². The van der Waals surface area contributed by atoms with E-state index in [4.69, 9.17) is 5.11 Å². The van der Waals surface area contributed by atoms with Gasteiger partial charge in [-0.1, -0.05) is 6.07 Å². The first-order chi connectivity index (χ1) is 10.0. The predicted molar refractivity (Wildman–Crippen MR) is 76.0 cm³/mol. The summed E-state index contributed by atoms with van der Waals surface area (Å²) in [4.78, 5) is 22.1. The third kappa shape index (κ3) is 3.81. The van der Waals surface area contributed by atoms with Crippen LogP contribution in [0.4, 0.5) is 0 Å². The summed E-state index contributed by atoms with van der Waals surface area (Å²) >= 11 is 0. The molecule has 1 aromatic rings. The van der Waals surface area contributed by atoms with E-state index in [0.717, 1.165) is 6.92 Å². The van der Waals surface area contributed by atoms with Crippen LogP contribution in [0.1, 0.15) is 22.8 Å². The highest BCUT2D eigenvalue weighted by atomic mass is 32.2. The van der Waals surface area contributed by atoms with E-state index in [1.54, 1.807) is 0 Å². The van der Waals surface area contributed by atoms with Crippen molar-refractivity contribution in [2.45, 2.75) is 24.3 Å². The van der Waals surface area contributed by atoms with Crippen LogP contribution in [-0.4, -0.2) is 49.8 Å². The van der Waals surface area contributed by atoms with Gasteiger partial charge in [-0.2, -0.15) is 0 Å². The van der Waals surface area contributed by atoms with Gasteiger partial charge in [-0.3, -0.25) is 0 Å². The van der Waals surface area contributed by atoms with E-state index in [-0.39, 0.29) is 16.0 Å². The third-order valence-electron chi connectivity index (χ3n) is 3.05. The molecule has 0 aromatic heterocycles. The molecule has 0 spiro atoms. The number of hydrogen-bond acceptors (Lipinski definition) is 6. The largest absolute Gasteiger partial charge is 0.479 e. The maximum absolute atomic E-state index is 12.2. The maximum Gasteiger partial charge on any atom is 0.338 e. The maximum atomic E-state index is 12.2. The molecule has 9 heteroatoms. The summed E-state index contributed by atoms with van der Waals surface area (Å²) in [6, 6.07) is 4.04. The summed E-state index contributed by atoms with van der Waals surface area (Å²) in [6.45, 7) is 1.68. The lowest BCUT2D eigenvalue weighted by Gasteiger charge is -2.19. The Morgan fingerprint density at radius 3 is 2.45 bits per heavy atom. The van der Waals surface area contributed by atoms with Crippen molar-refractivity contribution < 1.29 is 33.0 Å². The molecule has 22 heavy (non-hydrogen) atoms. The molecule has 0 aliphatic heterocycles. The van der Waals surface area contributed by atoms with Crippen molar-refractivity contribution in [3.8, 4) is 0 Å². The van der Waals surface area contributed by atoms with Crippen LogP contribution in [0.5, 0.6) is 0 Å². The first kappa shape index (κ1) is 18.1. The number of carboxylic acid groups (broad SMARTS) is 1. The standard InChI is InChI=1S/C13H17NO7S/c1-8-9(11(15)21-3)5-4-6-10(8)22(19,20)14-7-13(2,18)12(16)17/h4-6,14,18H,7H2,1-3H3,(H,16,17). The van der Waals surface area contributed by atoms with Gasteiger partial charge >= 0.3 is 11.9 Å². The molecule has 0 radical (unpaired) electrons. The summed E-state index contributed by atoms with van der Waals surface area (Å²) in [7, 11) is -2.93. The van der Waals surface area contributed by atoms with Crippen LogP contribution in [0.2, 0.25) is 0 Å². The fourth-order valence-corrected chi connectivity index (χ4v) is 3.02. The van der Waals surface area contributed by atoms with Crippen molar-refractivity contribution >= 4 is 22.0 Å². The molecular weight excluding hydrogens is 314 g/mol. The van der Waals surface area contributed by atoms with Crippen molar-refractivity contribution in [2.75, 3.05) is 13.7 Å². The predicted octanol–water partition coefficient (Wildman–Crippen LogP) is -0.104. The lowest BCUT2D eigenvalue weighted by molar-refractivity contribution is -0.155. The molecule has 1 aromatic carbocycles. The number of esters is 1. The monoisotopic (exact) mass is 331 g/mol. The van der Waals surface area contributed by atoms with Gasteiger partial charge in [-0.15, -0.1) is 0 Å². The second-order valence-electron chi connectivity index (χ2n) is 4.82. The molecule has 0 aliphatic rings. The molecule has 0 bridgehead atoms. The molecular formula is C13H17NO7S. The Kier molecular flexibility index (Phi) is 5.28. The lowest BCUT2D eigenvalue weighted by Crippen LogP contribution is -2.46. The van der Waals surface area contributed by atoms with Crippen molar-refractivity contribution in [3.63, 3.8) is 0 Å². The average molecular weight is 331 g/mol. The Morgan fingerprint density at radius 2 is 1.95 bits per heavy atom. The van der Waals surface area contributed by atoms with E-state index in [9.17, 15) is 23.1 Å². The zero-order valence-electron chi connectivity index (χ0n) is 12.3. The van der Waals surface area contributed by atoms with Crippen molar-refractivity contribution in [2.24, 2.45) is 0 Å². The molecule has 3 N–H and O–H groups in total. The Balaban J connectivity index is 3.14. The average Bonchev–Trinajstić information content (AvgIpc) is 2.44. The number of methoxy groups -OCH3 is 1. The summed E-state index contributed by atoms with van der Waals surface area (Å²) in [5.74, 6) is -2.25. The van der Waals surface area contributed by atoms with E-state index in [1.807, 2.05) is 4.72 Å². The number of ether oxygens (including phenoxy) is 1. The molecule has 122 valence electrons. The van der Waals surface area contributed by atoms with E-state index < -0.39 is 34.1 Å². The summed E-state index contributed by atoms with van der Waals surface area (Å²) in [6.07, 6.45) is 0. The topological polar surface area (TPSA) is 130 Å². The number of rotatable bonds is 6. The molecule has 0 heterocycles. The third-order valence-corrected chi connectivity index (χ3v) is 4.59. The molecule has 0 aliphatic carbocycles. The second kappa shape index (κ2) is 6.42. The molecule has 0 amide bonds. The Morgan fingerprint density at radius 1 is 1.36 bits per heavy atom. The molecule has 8 nitrogen and oxygen atoms in total. The molecule has 0 fully saturated rings. The minimum Gasteiger partial charge on any atom is -0.479 e. The van der Waals surface area contributed by atoms with Gasteiger partial charge < -0.3 is 14.9 Å². The van der Waals surface area contributed by atoms with Gasteiger partial charge in [0.2, 0.25) is 10.0 Å². The highest BCUT2D eigenvalue weighted by molar-refractivity contribution is 7.89. The lowest BCUT2D eigenvalue weighted by atomic mass is 10.1. The zero-order chi connectivity index (χ0) is 17.1. The number of aliphatic hydroxyl groups is 1. The highest BCUT2D eigenvalue weighted by Crippen LogP contribution is 2.20. The van der Waals surface area contributed by atoms with Crippen LogP contribution >= 0.6 is 0 Å². The van der Waals surface area contributed by atoms with E-state index in [1.165, 1.54) is 32.2 Å². The fourth-order valence-electron chi connectivity index (χ4n) is 1.63. The minimum absolute atomic E-state index is 0.0790. The molecule has 1 unspecified atom stereocenters. The zero-order valence-corrected chi connectivity index (χ0v) is 13.1. The van der Waals surface area contributed by atoms with Crippen molar-refractivity contribution in [3.05, 3.63) is 29.3 Å². The summed E-state index contributed by atoms with van der Waals surface area (Å²) in [5.41, 5.74) is -2.01. The van der Waals surface area contributed by atoms with Gasteiger partial charge in [0.15, 0.2) is 5.60 Å². The molecule has 1 rings (SSSR count). The van der Waals surface area contributed by atoms with Crippen LogP contribution < -0.4 is 4.72 Å². The molecule has 0 saturated carbocycles. The quantitative estimate of drug-likeness (QED) is 0.620. The van der Waals surface area contributed by atoms with Gasteiger partial charge in [0, 0.05) is 0 Å². The smallest absolute Gasteiger partial charge is 0.338 e. The van der Waals surface area contributed by atoms with Crippen LogP contribution in [0.3, 0.4) is 0 Å². The van der Waals surface area contributed by atoms with Crippen molar-refractivity contribution in [1.29, 1.82) is 0 Å². The molecule has 1 atom stereocenters. The van der Waals surface area contributed by atoms with E-state index in [0.29, 0.717) is 0 Å². The first-order valence-electron chi connectivity index (χ1n) is 6.16. The van der Waals surface area contributed by atoms with E-state index >= 15 is 0 Å². The van der Waals surface area contributed by atoms with Gasteiger partial charge in [0.25, 0.3) is 0 Å². The minimum atomic E-state index is -4.10. The second-order valence-corrected chi connectivity index (χ2v) is 6.56. The van der Waals surface area contributed by atoms with Crippen molar-refractivity contribution in [1.82, 2.24) is 4.72 Å². The molecule has 0 saturated heterocycles. The number of hydrogen-bond donors (Lipinski definition) is 3. The normalized spacial score (nSPS) is 14.2. The van der Waals surface area contributed by atoms with Crippen LogP contribution in [-0.2, 0) is 19.6 Å². The number of carbonyl (C=O) groups excluding carboxylic acids is 1. The number of aliphatic carboxylic acids is 1. The number of benzene rings is 1. The number of nitrogens with one attached hydrogen (secondary N) is 1. The number of carbonyl (C=O) groups is 2. The van der Waals surface area contributed by atoms with Gasteiger partial charge in [0.05, 0.1) is 24.1 Å². The SMILES string of the molecule is COC(=O)c1cccc(S(=O)(=O)NCC(C)(O)C(=O)O)c1C. The van der Waals surface area contributed by atoms with Crippen LogP contribution in [0, 0.1) is 6.92 Å². The number of carboxylic acids is 1. The van der Waals surface area contributed by atoms with E-state index in [2.05, 4.69) is 4.74 Å². The first-order valence-corrected chi connectivity index (χ1v) is 7.64. The summed E-state index contributed by atoms with van der Waals surface area (Å²) < 4.78 is 31.0. The fraction of sp³-hybridized carbons (Fsp3) is 0.385. The Hall–Kier alpha value is -1.97. The summed E-state index contributed by atoms with van der Waals surface area (Å²) in [5, 5.41) is 18.3. The van der Waals surface area contributed by atoms with Gasteiger partial charge in [0.1, 0.15) is 0 Å². The highest BCUT2D eigenvalue weighted by Gasteiger charge is 2.32. The Labute approximate surface area is 127 Å². The van der Waals surface area contributed by atoms with Gasteiger partial charge in [-0.05, 0) is 31.5 Å². The Bertz CT molecular complexity index is 694. The van der Waals surface area contributed by atoms with Crippen LogP contribution in [0.15, 0.2) is 23.1 Å². The van der Waals surface area contributed by atoms with Crippen LogP contribution in [0.25, 0.3) is 0 Å². The number of sulfonamides is 1.